The molecule has 2 nitrogen and oxygen atoms in total. The maximum atomic E-state index is 5.88. The molecule has 1 unspecified atom stereocenters. The zero-order chi connectivity index (χ0) is 14.5. The van der Waals surface area contributed by atoms with Gasteiger partial charge in [-0.25, -0.2) is 0 Å². The van der Waals surface area contributed by atoms with Crippen molar-refractivity contribution in [3.05, 3.63) is 58.6 Å². The molecule has 0 spiro atoms. The predicted octanol–water partition coefficient (Wildman–Crippen LogP) is 5.29. The van der Waals surface area contributed by atoms with Gasteiger partial charge in [-0.05, 0) is 56.2 Å². The molecule has 0 fully saturated rings. The van der Waals surface area contributed by atoms with Crippen LogP contribution in [0.5, 0.6) is 0 Å². The Bertz CT molecular complexity index is 547. The topological polar surface area (TPSA) is 24.1 Å². The van der Waals surface area contributed by atoms with Crippen LogP contribution >= 0.6 is 24.0 Å². The summed E-state index contributed by atoms with van der Waals surface area (Å²) in [4.78, 5) is 0. The van der Waals surface area contributed by atoms with Gasteiger partial charge in [0.15, 0.2) is 0 Å². The van der Waals surface area contributed by atoms with Gasteiger partial charge in [0, 0.05) is 29.0 Å². The summed E-state index contributed by atoms with van der Waals surface area (Å²) in [6.07, 6.45) is 0. The first-order chi connectivity index (χ1) is 9.56. The molecule has 0 aliphatic carbocycles. The number of hydrogen-bond donors (Lipinski definition) is 2. The monoisotopic (exact) mass is 324 g/mol. The first kappa shape index (κ1) is 17.7. The fourth-order valence-electron chi connectivity index (χ4n) is 2.23. The Labute approximate surface area is 138 Å². The summed E-state index contributed by atoms with van der Waals surface area (Å²) in [5.41, 5.74) is 4.88. The molecule has 0 saturated heterocycles. The van der Waals surface area contributed by atoms with Crippen molar-refractivity contribution in [2.75, 3.05) is 17.2 Å². The number of aryl methyl sites for hydroxylation is 2. The van der Waals surface area contributed by atoms with Crippen molar-refractivity contribution in [3.8, 4) is 0 Å². The highest BCUT2D eigenvalue weighted by atomic mass is 35.5. The highest BCUT2D eigenvalue weighted by Crippen LogP contribution is 2.19. The van der Waals surface area contributed by atoms with Crippen LogP contribution in [0.15, 0.2) is 42.5 Å². The van der Waals surface area contributed by atoms with Gasteiger partial charge >= 0.3 is 0 Å². The second-order valence-corrected chi connectivity index (χ2v) is 5.64. The van der Waals surface area contributed by atoms with Crippen molar-refractivity contribution in [2.45, 2.75) is 26.8 Å². The molecule has 0 aliphatic rings. The fraction of sp³-hybridized carbons (Fsp3) is 0.294. The van der Waals surface area contributed by atoms with Crippen LogP contribution in [0.3, 0.4) is 0 Å². The number of rotatable bonds is 5. The number of nitrogens with one attached hydrogen (secondary N) is 2. The van der Waals surface area contributed by atoms with Gasteiger partial charge < -0.3 is 10.6 Å². The van der Waals surface area contributed by atoms with Gasteiger partial charge in [0.1, 0.15) is 0 Å². The van der Waals surface area contributed by atoms with Crippen molar-refractivity contribution < 1.29 is 0 Å². The number of hydrogen-bond acceptors (Lipinski definition) is 2. The van der Waals surface area contributed by atoms with Gasteiger partial charge in [-0.1, -0.05) is 29.8 Å². The van der Waals surface area contributed by atoms with E-state index in [1.807, 2.05) is 24.3 Å². The predicted molar refractivity (Wildman–Crippen MR) is 96.2 cm³/mol. The van der Waals surface area contributed by atoms with Crippen LogP contribution in [0, 0.1) is 13.8 Å². The summed E-state index contributed by atoms with van der Waals surface area (Å²) in [5.74, 6) is 0. The molecule has 114 valence electrons. The van der Waals surface area contributed by atoms with Crippen molar-refractivity contribution >= 4 is 35.4 Å². The SMILES string of the molecule is Cc1cccc(C)c1NCC(C)Nc1ccc(Cl)cc1.Cl. The van der Waals surface area contributed by atoms with Crippen LogP contribution < -0.4 is 10.6 Å². The molecular formula is C17H22Cl2N2. The van der Waals surface area contributed by atoms with Crippen molar-refractivity contribution in [2.24, 2.45) is 0 Å². The molecule has 0 heterocycles. The number of benzene rings is 2. The van der Waals surface area contributed by atoms with Gasteiger partial charge in [-0.15, -0.1) is 12.4 Å². The van der Waals surface area contributed by atoms with E-state index in [1.54, 1.807) is 0 Å². The second kappa shape index (κ2) is 8.16. The molecule has 2 N–H and O–H groups in total. The summed E-state index contributed by atoms with van der Waals surface area (Å²) >= 11 is 5.88. The van der Waals surface area contributed by atoms with Crippen LogP contribution in [-0.2, 0) is 0 Å². The zero-order valence-electron chi connectivity index (χ0n) is 12.6. The first-order valence-corrected chi connectivity index (χ1v) is 7.26. The fourth-order valence-corrected chi connectivity index (χ4v) is 2.36. The highest BCUT2D eigenvalue weighted by molar-refractivity contribution is 6.30. The van der Waals surface area contributed by atoms with Crippen molar-refractivity contribution in [3.63, 3.8) is 0 Å². The lowest BCUT2D eigenvalue weighted by molar-refractivity contribution is 0.834. The van der Waals surface area contributed by atoms with Crippen molar-refractivity contribution in [1.29, 1.82) is 0 Å². The standard InChI is InChI=1S/C17H21ClN2.ClH/c1-12-5-4-6-13(2)17(12)19-11-14(3)20-16-9-7-15(18)8-10-16;/h4-10,14,19-20H,11H2,1-3H3;1H. The van der Waals surface area contributed by atoms with E-state index in [4.69, 9.17) is 11.6 Å². The van der Waals surface area contributed by atoms with Gasteiger partial charge in [-0.3, -0.25) is 0 Å². The molecule has 2 aromatic carbocycles. The van der Waals surface area contributed by atoms with E-state index in [-0.39, 0.29) is 12.4 Å². The third-order valence-electron chi connectivity index (χ3n) is 3.32. The van der Waals surface area contributed by atoms with E-state index in [0.29, 0.717) is 6.04 Å². The Morgan fingerprint density at radius 1 is 1.00 bits per heavy atom. The average molecular weight is 325 g/mol. The molecule has 0 amide bonds. The van der Waals surface area contributed by atoms with Crippen LogP contribution in [0.4, 0.5) is 11.4 Å². The minimum Gasteiger partial charge on any atom is -0.383 e. The summed E-state index contributed by atoms with van der Waals surface area (Å²) in [6, 6.07) is 14.5. The Hall–Kier alpha value is -1.38. The third kappa shape index (κ3) is 5.14. The Morgan fingerprint density at radius 2 is 1.57 bits per heavy atom. The van der Waals surface area contributed by atoms with Gasteiger partial charge in [0.05, 0.1) is 0 Å². The molecule has 0 aliphatic heterocycles. The lowest BCUT2D eigenvalue weighted by Gasteiger charge is -2.19. The molecule has 2 aromatic rings. The molecule has 2 rings (SSSR count). The Morgan fingerprint density at radius 3 is 2.14 bits per heavy atom. The molecule has 0 radical (unpaired) electrons. The Balaban J connectivity index is 0.00000220. The quantitative estimate of drug-likeness (QED) is 0.780. The molecule has 0 bridgehead atoms. The van der Waals surface area contributed by atoms with E-state index in [2.05, 4.69) is 49.6 Å². The van der Waals surface area contributed by atoms with E-state index < -0.39 is 0 Å². The van der Waals surface area contributed by atoms with Crippen LogP contribution in [-0.4, -0.2) is 12.6 Å². The second-order valence-electron chi connectivity index (χ2n) is 5.20. The van der Waals surface area contributed by atoms with Crippen LogP contribution in [0.2, 0.25) is 5.02 Å². The van der Waals surface area contributed by atoms with E-state index >= 15 is 0 Å². The minimum atomic E-state index is 0. The van der Waals surface area contributed by atoms with Crippen LogP contribution in [0.25, 0.3) is 0 Å². The summed E-state index contributed by atoms with van der Waals surface area (Å²) in [5, 5.41) is 7.74. The number of anilines is 2. The zero-order valence-corrected chi connectivity index (χ0v) is 14.2. The molecule has 0 aromatic heterocycles. The van der Waals surface area contributed by atoms with E-state index in [9.17, 15) is 0 Å². The lowest BCUT2D eigenvalue weighted by Crippen LogP contribution is -2.25. The first-order valence-electron chi connectivity index (χ1n) is 6.88. The summed E-state index contributed by atoms with van der Waals surface area (Å²) in [6.45, 7) is 7.29. The maximum Gasteiger partial charge on any atom is 0.0407 e. The summed E-state index contributed by atoms with van der Waals surface area (Å²) in [7, 11) is 0. The molecule has 0 saturated carbocycles. The number of halogens is 2. The normalized spacial score (nSPS) is 11.4. The maximum absolute atomic E-state index is 5.88. The van der Waals surface area contributed by atoms with Crippen LogP contribution in [0.1, 0.15) is 18.1 Å². The lowest BCUT2D eigenvalue weighted by atomic mass is 10.1. The van der Waals surface area contributed by atoms with Crippen molar-refractivity contribution in [1.82, 2.24) is 0 Å². The molecule has 4 heteroatoms. The van der Waals surface area contributed by atoms with Gasteiger partial charge in [0.25, 0.3) is 0 Å². The average Bonchev–Trinajstić information content (AvgIpc) is 2.41. The van der Waals surface area contributed by atoms with Gasteiger partial charge in [0.2, 0.25) is 0 Å². The molecule has 1 atom stereocenters. The smallest absolute Gasteiger partial charge is 0.0407 e. The molecular weight excluding hydrogens is 303 g/mol. The molecule has 21 heavy (non-hydrogen) atoms. The number of para-hydroxylation sites is 1. The largest absolute Gasteiger partial charge is 0.383 e. The van der Waals surface area contributed by atoms with E-state index in [0.717, 1.165) is 17.3 Å². The van der Waals surface area contributed by atoms with Gasteiger partial charge in [-0.2, -0.15) is 0 Å². The minimum absolute atomic E-state index is 0. The Kier molecular flexibility index (Phi) is 6.86. The highest BCUT2D eigenvalue weighted by Gasteiger charge is 2.05. The van der Waals surface area contributed by atoms with E-state index in [1.165, 1.54) is 16.8 Å². The third-order valence-corrected chi connectivity index (χ3v) is 3.58. The summed E-state index contributed by atoms with van der Waals surface area (Å²) < 4.78 is 0.